The van der Waals surface area contributed by atoms with Crippen LogP contribution in [0.4, 0.5) is 10.1 Å². The van der Waals surface area contributed by atoms with Crippen molar-refractivity contribution in [2.45, 2.75) is 23.8 Å². The Labute approximate surface area is 146 Å². The molecule has 0 radical (unpaired) electrons. The van der Waals surface area contributed by atoms with E-state index in [1.807, 2.05) is 36.4 Å². The second kappa shape index (κ2) is 8.20. The zero-order chi connectivity index (χ0) is 16.8. The van der Waals surface area contributed by atoms with E-state index < -0.39 is 0 Å². The number of nitrogens with one attached hydrogen (secondary N) is 1. The highest BCUT2D eigenvalue weighted by Crippen LogP contribution is 2.21. The van der Waals surface area contributed by atoms with Crippen LogP contribution in [0, 0.1) is 5.82 Å². The highest BCUT2D eigenvalue weighted by Gasteiger charge is 2.21. The average molecular weight is 344 g/mol. The number of nitrogens with zero attached hydrogens (tertiary/aromatic N) is 1. The standard InChI is InChI=1S/C19H21FN2OS/c20-15-5-4-6-17(13-15)22-11-9-16(10-12-22)21-19(23)14-24-18-7-2-1-3-8-18/h1-8,13,16H,9-12,14H2,(H,21,23). The van der Waals surface area contributed by atoms with Gasteiger partial charge in [0.25, 0.3) is 0 Å². The van der Waals surface area contributed by atoms with Gasteiger partial charge in [0.1, 0.15) is 5.82 Å². The van der Waals surface area contributed by atoms with Crippen LogP contribution in [0.3, 0.4) is 0 Å². The summed E-state index contributed by atoms with van der Waals surface area (Å²) in [5, 5.41) is 3.11. The smallest absolute Gasteiger partial charge is 0.230 e. The Bertz CT molecular complexity index is 672. The number of carbonyl (C=O) groups is 1. The Morgan fingerprint density at radius 1 is 1.12 bits per heavy atom. The van der Waals surface area contributed by atoms with E-state index >= 15 is 0 Å². The number of thioether (sulfide) groups is 1. The third kappa shape index (κ3) is 4.74. The van der Waals surface area contributed by atoms with Gasteiger partial charge in [0.15, 0.2) is 0 Å². The maximum atomic E-state index is 13.3. The number of halogens is 1. The van der Waals surface area contributed by atoms with Gasteiger partial charge < -0.3 is 10.2 Å². The molecule has 2 aromatic rings. The first-order valence-electron chi connectivity index (χ1n) is 8.18. The van der Waals surface area contributed by atoms with E-state index in [9.17, 15) is 9.18 Å². The largest absolute Gasteiger partial charge is 0.371 e. The fraction of sp³-hybridized carbons (Fsp3) is 0.316. The Morgan fingerprint density at radius 2 is 1.88 bits per heavy atom. The molecule has 1 aliphatic rings. The molecule has 0 unspecified atom stereocenters. The molecular weight excluding hydrogens is 323 g/mol. The third-order valence-corrected chi connectivity index (χ3v) is 5.16. The lowest BCUT2D eigenvalue weighted by molar-refractivity contribution is -0.119. The molecule has 3 nitrogen and oxygen atoms in total. The quantitative estimate of drug-likeness (QED) is 0.840. The van der Waals surface area contributed by atoms with Crippen molar-refractivity contribution < 1.29 is 9.18 Å². The normalized spacial score (nSPS) is 15.3. The first-order chi connectivity index (χ1) is 11.7. The molecule has 1 aliphatic heterocycles. The fourth-order valence-corrected chi connectivity index (χ4v) is 3.62. The van der Waals surface area contributed by atoms with E-state index in [1.165, 1.54) is 6.07 Å². The van der Waals surface area contributed by atoms with Crippen molar-refractivity contribution in [1.29, 1.82) is 0 Å². The van der Waals surface area contributed by atoms with Crippen LogP contribution in [0.5, 0.6) is 0 Å². The van der Waals surface area contributed by atoms with Crippen LogP contribution in [0.2, 0.25) is 0 Å². The number of rotatable bonds is 5. The van der Waals surface area contributed by atoms with Crippen molar-refractivity contribution in [3.8, 4) is 0 Å². The Kier molecular flexibility index (Phi) is 5.75. The number of hydrogen-bond donors (Lipinski definition) is 1. The first-order valence-corrected chi connectivity index (χ1v) is 9.17. The fourth-order valence-electron chi connectivity index (χ4n) is 2.89. The lowest BCUT2D eigenvalue weighted by atomic mass is 10.0. The highest BCUT2D eigenvalue weighted by molar-refractivity contribution is 8.00. The van der Waals surface area contributed by atoms with Crippen LogP contribution >= 0.6 is 11.8 Å². The molecule has 0 saturated carbocycles. The predicted octanol–water partition coefficient (Wildman–Crippen LogP) is 3.70. The Hall–Kier alpha value is -2.01. The monoisotopic (exact) mass is 344 g/mol. The average Bonchev–Trinajstić information content (AvgIpc) is 2.61. The molecule has 1 fully saturated rings. The molecule has 1 amide bonds. The second-order valence-electron chi connectivity index (χ2n) is 5.91. The molecule has 0 atom stereocenters. The number of benzene rings is 2. The van der Waals surface area contributed by atoms with Gasteiger partial charge in [-0.05, 0) is 43.2 Å². The lowest BCUT2D eigenvalue weighted by Crippen LogP contribution is -2.45. The molecule has 1 N–H and O–H groups in total. The summed E-state index contributed by atoms with van der Waals surface area (Å²) < 4.78 is 13.3. The van der Waals surface area contributed by atoms with Gasteiger partial charge in [-0.2, -0.15) is 0 Å². The summed E-state index contributed by atoms with van der Waals surface area (Å²) in [6.07, 6.45) is 1.77. The van der Waals surface area contributed by atoms with E-state index in [0.717, 1.165) is 36.5 Å². The maximum Gasteiger partial charge on any atom is 0.230 e. The summed E-state index contributed by atoms with van der Waals surface area (Å²) in [7, 11) is 0. The van der Waals surface area contributed by atoms with Gasteiger partial charge in [-0.15, -0.1) is 11.8 Å². The minimum atomic E-state index is -0.208. The van der Waals surface area contributed by atoms with Gasteiger partial charge in [0, 0.05) is 29.7 Å². The number of hydrogen-bond acceptors (Lipinski definition) is 3. The van der Waals surface area contributed by atoms with Crippen molar-refractivity contribution >= 4 is 23.4 Å². The van der Waals surface area contributed by atoms with Gasteiger partial charge in [-0.25, -0.2) is 4.39 Å². The molecular formula is C19H21FN2OS. The molecule has 24 heavy (non-hydrogen) atoms. The molecule has 0 aliphatic carbocycles. The van der Waals surface area contributed by atoms with E-state index in [1.54, 1.807) is 23.9 Å². The minimum absolute atomic E-state index is 0.0769. The minimum Gasteiger partial charge on any atom is -0.371 e. The molecule has 126 valence electrons. The number of carbonyl (C=O) groups excluding carboxylic acids is 1. The SMILES string of the molecule is O=C(CSc1ccccc1)NC1CCN(c2cccc(F)c2)CC1. The zero-order valence-electron chi connectivity index (χ0n) is 13.5. The van der Waals surface area contributed by atoms with Gasteiger partial charge in [-0.1, -0.05) is 24.3 Å². The molecule has 0 bridgehead atoms. The Morgan fingerprint density at radius 3 is 2.58 bits per heavy atom. The topological polar surface area (TPSA) is 32.3 Å². The summed E-state index contributed by atoms with van der Waals surface area (Å²) in [4.78, 5) is 15.4. The van der Waals surface area contributed by atoms with Crippen LogP contribution < -0.4 is 10.2 Å². The second-order valence-corrected chi connectivity index (χ2v) is 6.96. The molecule has 2 aromatic carbocycles. The summed E-state index contributed by atoms with van der Waals surface area (Å²) in [6.45, 7) is 1.67. The van der Waals surface area contributed by atoms with Crippen LogP contribution in [0.15, 0.2) is 59.5 Å². The van der Waals surface area contributed by atoms with Crippen LogP contribution in [0.25, 0.3) is 0 Å². The van der Waals surface area contributed by atoms with Crippen LogP contribution in [-0.4, -0.2) is 30.8 Å². The van der Waals surface area contributed by atoms with E-state index in [4.69, 9.17) is 0 Å². The van der Waals surface area contributed by atoms with Crippen LogP contribution in [-0.2, 0) is 4.79 Å². The summed E-state index contributed by atoms with van der Waals surface area (Å²) in [5.41, 5.74) is 0.916. The lowest BCUT2D eigenvalue weighted by Gasteiger charge is -2.34. The third-order valence-electron chi connectivity index (χ3n) is 4.15. The summed E-state index contributed by atoms with van der Waals surface area (Å²) >= 11 is 1.55. The number of amides is 1. The van der Waals surface area contributed by atoms with Gasteiger partial charge >= 0.3 is 0 Å². The molecule has 3 rings (SSSR count). The summed E-state index contributed by atoms with van der Waals surface area (Å²) in [6, 6.07) is 16.8. The molecule has 1 heterocycles. The maximum absolute atomic E-state index is 13.3. The van der Waals surface area contributed by atoms with Gasteiger partial charge in [0.2, 0.25) is 5.91 Å². The Balaban J connectivity index is 1.42. The van der Waals surface area contributed by atoms with E-state index in [2.05, 4.69) is 10.2 Å². The van der Waals surface area contributed by atoms with Crippen molar-refractivity contribution in [2.75, 3.05) is 23.7 Å². The van der Waals surface area contributed by atoms with Crippen molar-refractivity contribution in [1.82, 2.24) is 5.32 Å². The predicted molar refractivity (Wildman–Crippen MR) is 96.9 cm³/mol. The first kappa shape index (κ1) is 16.8. The van der Waals surface area contributed by atoms with Crippen molar-refractivity contribution in [3.05, 3.63) is 60.4 Å². The van der Waals surface area contributed by atoms with Gasteiger partial charge in [-0.3, -0.25) is 4.79 Å². The zero-order valence-corrected chi connectivity index (χ0v) is 14.3. The molecule has 5 heteroatoms. The van der Waals surface area contributed by atoms with Crippen molar-refractivity contribution in [2.24, 2.45) is 0 Å². The molecule has 0 spiro atoms. The molecule has 0 aromatic heterocycles. The van der Waals surface area contributed by atoms with Crippen LogP contribution in [0.1, 0.15) is 12.8 Å². The summed E-state index contributed by atoms with van der Waals surface area (Å²) in [5.74, 6) is 0.308. The highest BCUT2D eigenvalue weighted by atomic mass is 32.2. The number of piperidine rings is 1. The molecule has 1 saturated heterocycles. The van der Waals surface area contributed by atoms with E-state index in [-0.39, 0.29) is 17.8 Å². The van der Waals surface area contributed by atoms with Gasteiger partial charge in [0.05, 0.1) is 5.75 Å². The van der Waals surface area contributed by atoms with E-state index in [0.29, 0.717) is 5.75 Å². The van der Waals surface area contributed by atoms with Crippen molar-refractivity contribution in [3.63, 3.8) is 0 Å². The number of anilines is 1.